The van der Waals surface area contributed by atoms with E-state index in [-0.39, 0.29) is 15.7 Å². The second kappa shape index (κ2) is 9.38. The summed E-state index contributed by atoms with van der Waals surface area (Å²) in [7, 11) is 0. The van der Waals surface area contributed by atoms with Gasteiger partial charge in [0, 0.05) is 16.1 Å². The first-order valence-corrected chi connectivity index (χ1v) is 10.3. The number of rotatable bonds is 3. The van der Waals surface area contributed by atoms with E-state index in [1.54, 1.807) is 63.2 Å². The van der Waals surface area contributed by atoms with Crippen molar-refractivity contribution in [2.45, 2.75) is 26.3 Å². The Morgan fingerprint density at radius 3 is 1.96 bits per heavy atom. The van der Waals surface area contributed by atoms with E-state index in [0.29, 0.717) is 5.02 Å². The van der Waals surface area contributed by atoms with Crippen LogP contribution in [0.1, 0.15) is 41.5 Å². The zero-order valence-corrected chi connectivity index (χ0v) is 18.6. The standard InChI is InChI=1S/C20H20ClIN2O4/c1-20(2,3)24(18(26)15-9-11-16(21)12-10-15)23(19(27)28-13-22)17(25)14-7-5-4-6-8-14/h4-12H,13H2,1-3H3. The molecule has 0 fully saturated rings. The molecule has 0 N–H and O–H groups in total. The van der Waals surface area contributed by atoms with Crippen LogP contribution in [-0.4, -0.2) is 38.1 Å². The van der Waals surface area contributed by atoms with Gasteiger partial charge >= 0.3 is 6.09 Å². The topological polar surface area (TPSA) is 66.9 Å². The maximum atomic E-state index is 13.3. The molecule has 0 saturated heterocycles. The highest BCUT2D eigenvalue weighted by Gasteiger charge is 2.40. The second-order valence-electron chi connectivity index (χ2n) is 6.80. The summed E-state index contributed by atoms with van der Waals surface area (Å²) in [6.45, 7) is 5.18. The molecule has 8 heteroatoms. The number of hydrazine groups is 1. The SMILES string of the molecule is CC(C)(C)N(C(=O)c1ccc(Cl)cc1)N(C(=O)OCI)C(=O)c1ccccc1. The summed E-state index contributed by atoms with van der Waals surface area (Å²) in [5.74, 6) is -1.19. The molecule has 2 rings (SSSR count). The van der Waals surface area contributed by atoms with Gasteiger partial charge in [-0.15, -0.1) is 5.01 Å². The number of hydrogen-bond acceptors (Lipinski definition) is 4. The summed E-state index contributed by atoms with van der Waals surface area (Å²) in [5.41, 5.74) is -0.357. The van der Waals surface area contributed by atoms with E-state index in [9.17, 15) is 14.4 Å². The Morgan fingerprint density at radius 1 is 0.929 bits per heavy atom. The minimum Gasteiger partial charge on any atom is -0.437 e. The molecule has 148 valence electrons. The van der Waals surface area contributed by atoms with Gasteiger partial charge in [0.1, 0.15) is 4.61 Å². The van der Waals surface area contributed by atoms with Crippen LogP contribution in [0.15, 0.2) is 54.6 Å². The third-order valence-electron chi connectivity index (χ3n) is 3.68. The number of carbonyl (C=O) groups excluding carboxylic acids is 3. The van der Waals surface area contributed by atoms with Crippen LogP contribution in [0.4, 0.5) is 4.79 Å². The van der Waals surface area contributed by atoms with Crippen molar-refractivity contribution in [3.05, 3.63) is 70.7 Å². The molecule has 2 aromatic carbocycles. The number of halogens is 2. The first-order valence-electron chi connectivity index (χ1n) is 8.39. The molecule has 0 unspecified atom stereocenters. The Balaban J connectivity index is 2.56. The van der Waals surface area contributed by atoms with Gasteiger partial charge in [-0.1, -0.05) is 29.8 Å². The van der Waals surface area contributed by atoms with Crippen LogP contribution in [0, 0.1) is 0 Å². The lowest BCUT2D eigenvalue weighted by Gasteiger charge is -2.41. The molecule has 0 aliphatic heterocycles. The lowest BCUT2D eigenvalue weighted by Crippen LogP contribution is -2.60. The predicted octanol–water partition coefficient (Wildman–Crippen LogP) is 5.17. The van der Waals surface area contributed by atoms with Crippen molar-refractivity contribution in [2.24, 2.45) is 0 Å². The largest absolute Gasteiger partial charge is 0.437 e. The molecular weight excluding hydrogens is 495 g/mol. The molecule has 0 saturated carbocycles. The Labute approximate surface area is 182 Å². The van der Waals surface area contributed by atoms with Gasteiger partial charge in [-0.2, -0.15) is 0 Å². The molecule has 0 aliphatic rings. The van der Waals surface area contributed by atoms with Crippen molar-refractivity contribution in [3.8, 4) is 0 Å². The number of imide groups is 1. The summed E-state index contributed by atoms with van der Waals surface area (Å²) in [4.78, 5) is 39.1. The van der Waals surface area contributed by atoms with Crippen molar-refractivity contribution in [1.82, 2.24) is 10.0 Å². The fourth-order valence-electron chi connectivity index (χ4n) is 2.48. The van der Waals surface area contributed by atoms with E-state index in [2.05, 4.69) is 0 Å². The van der Waals surface area contributed by atoms with Crippen molar-refractivity contribution < 1.29 is 19.1 Å². The number of alkyl halides is 1. The lowest BCUT2D eigenvalue weighted by atomic mass is 10.1. The molecule has 0 spiro atoms. The zero-order chi connectivity index (χ0) is 20.9. The van der Waals surface area contributed by atoms with Gasteiger partial charge in [-0.3, -0.25) is 9.59 Å². The fourth-order valence-corrected chi connectivity index (χ4v) is 2.87. The third kappa shape index (κ3) is 5.23. The third-order valence-corrected chi connectivity index (χ3v) is 4.25. The number of hydrogen-bond donors (Lipinski definition) is 0. The average molecular weight is 515 g/mol. The lowest BCUT2D eigenvalue weighted by molar-refractivity contribution is -0.0367. The van der Waals surface area contributed by atoms with Gasteiger partial charge < -0.3 is 4.74 Å². The van der Waals surface area contributed by atoms with Gasteiger partial charge in [0.15, 0.2) is 0 Å². The van der Waals surface area contributed by atoms with Crippen molar-refractivity contribution in [1.29, 1.82) is 0 Å². The van der Waals surface area contributed by atoms with Crippen LogP contribution in [0.25, 0.3) is 0 Å². The average Bonchev–Trinajstić information content (AvgIpc) is 2.65. The molecule has 0 radical (unpaired) electrons. The maximum Gasteiger partial charge on any atom is 0.437 e. The van der Waals surface area contributed by atoms with Crippen LogP contribution in [0.3, 0.4) is 0 Å². The molecule has 0 bridgehead atoms. The van der Waals surface area contributed by atoms with Crippen molar-refractivity contribution >= 4 is 52.1 Å². The summed E-state index contributed by atoms with van der Waals surface area (Å²) in [6.07, 6.45) is -0.930. The molecule has 0 heterocycles. The Kier molecular flexibility index (Phi) is 7.42. The normalized spacial score (nSPS) is 10.9. The van der Waals surface area contributed by atoms with E-state index in [0.717, 1.165) is 10.0 Å². The van der Waals surface area contributed by atoms with E-state index in [4.69, 9.17) is 16.3 Å². The van der Waals surface area contributed by atoms with Gasteiger partial charge in [-0.25, -0.2) is 9.80 Å². The fraction of sp³-hybridized carbons (Fsp3) is 0.250. The highest BCUT2D eigenvalue weighted by atomic mass is 127. The quantitative estimate of drug-likeness (QED) is 0.322. The van der Waals surface area contributed by atoms with E-state index in [1.165, 1.54) is 12.1 Å². The molecule has 28 heavy (non-hydrogen) atoms. The Morgan fingerprint density at radius 2 is 1.46 bits per heavy atom. The van der Waals surface area contributed by atoms with Gasteiger partial charge in [-0.05, 0) is 79.8 Å². The zero-order valence-electron chi connectivity index (χ0n) is 15.7. The number of benzene rings is 2. The predicted molar refractivity (Wildman–Crippen MR) is 115 cm³/mol. The first-order chi connectivity index (χ1) is 13.2. The van der Waals surface area contributed by atoms with Crippen LogP contribution in [0.5, 0.6) is 0 Å². The van der Waals surface area contributed by atoms with Gasteiger partial charge in [0.25, 0.3) is 11.8 Å². The molecule has 0 atom stereocenters. The van der Waals surface area contributed by atoms with E-state index >= 15 is 0 Å². The van der Waals surface area contributed by atoms with Crippen LogP contribution >= 0.6 is 34.2 Å². The van der Waals surface area contributed by atoms with Crippen molar-refractivity contribution in [2.75, 3.05) is 4.61 Å². The monoisotopic (exact) mass is 514 g/mol. The molecular formula is C20H20ClIN2O4. The van der Waals surface area contributed by atoms with Crippen LogP contribution in [-0.2, 0) is 4.74 Å². The molecule has 0 aliphatic carbocycles. The number of carbonyl (C=O) groups is 3. The Bertz CT molecular complexity index is 851. The number of ether oxygens (including phenoxy) is 1. The highest BCUT2D eigenvalue weighted by Crippen LogP contribution is 2.24. The minimum atomic E-state index is -0.930. The van der Waals surface area contributed by atoms with Crippen LogP contribution < -0.4 is 0 Å². The minimum absolute atomic E-state index is 0.0300. The van der Waals surface area contributed by atoms with E-state index in [1.807, 2.05) is 22.6 Å². The smallest absolute Gasteiger partial charge is 0.437 e. The summed E-state index contributed by atoms with van der Waals surface area (Å²) < 4.78 is 5.10. The molecule has 2 aromatic rings. The Hall–Kier alpha value is -2.13. The highest BCUT2D eigenvalue weighted by molar-refractivity contribution is 14.1. The van der Waals surface area contributed by atoms with Crippen molar-refractivity contribution in [3.63, 3.8) is 0 Å². The second-order valence-corrected chi connectivity index (χ2v) is 7.86. The summed E-state index contributed by atoms with van der Waals surface area (Å²) in [6, 6.07) is 14.5. The number of amides is 3. The van der Waals surface area contributed by atoms with Gasteiger partial charge in [0.2, 0.25) is 0 Å². The molecule has 3 amide bonds. The maximum absolute atomic E-state index is 13.3. The molecule has 6 nitrogen and oxygen atoms in total. The number of nitrogens with zero attached hydrogens (tertiary/aromatic N) is 2. The van der Waals surface area contributed by atoms with Gasteiger partial charge in [0.05, 0.1) is 5.54 Å². The first kappa shape index (κ1) is 22.2. The summed E-state index contributed by atoms with van der Waals surface area (Å²) in [5, 5.41) is 2.34. The summed E-state index contributed by atoms with van der Waals surface area (Å²) >= 11 is 7.76. The van der Waals surface area contributed by atoms with Crippen LogP contribution in [0.2, 0.25) is 5.02 Å². The molecule has 0 aromatic heterocycles. The van der Waals surface area contributed by atoms with E-state index < -0.39 is 23.4 Å².